The number of fused-ring (bicyclic) bond motifs is 1. The van der Waals surface area contributed by atoms with Crippen LogP contribution < -0.4 is 27.1 Å². The van der Waals surface area contributed by atoms with Crippen LogP contribution in [-0.4, -0.2) is 80.6 Å². The zero-order valence-electron chi connectivity index (χ0n) is 16.4. The molecule has 162 valence electrons. The number of benzene rings is 2. The molecule has 0 amide bonds. The summed E-state index contributed by atoms with van der Waals surface area (Å²) in [5, 5.41) is 39.6. The maximum absolute atomic E-state index is 13.0. The number of nitrogens with zero attached hydrogens (tertiary/aromatic N) is 1. The van der Waals surface area contributed by atoms with Crippen LogP contribution in [0.1, 0.15) is 10.4 Å². The van der Waals surface area contributed by atoms with E-state index in [-0.39, 0.29) is 25.1 Å². The molecule has 11 heteroatoms. The van der Waals surface area contributed by atoms with E-state index in [1.165, 1.54) is 4.58 Å². The van der Waals surface area contributed by atoms with Crippen molar-refractivity contribution in [3.63, 3.8) is 0 Å². The van der Waals surface area contributed by atoms with Crippen LogP contribution in [0.5, 0.6) is 0 Å². The highest BCUT2D eigenvalue weighted by Crippen LogP contribution is 2.39. The van der Waals surface area contributed by atoms with Gasteiger partial charge in [0.25, 0.3) is 5.79 Å². The van der Waals surface area contributed by atoms with Crippen molar-refractivity contribution >= 4 is 28.7 Å². The number of aliphatic hydroxyl groups is 3. The Morgan fingerprint density at radius 2 is 1.97 bits per heavy atom. The van der Waals surface area contributed by atoms with E-state index in [4.69, 9.17) is 16.2 Å². The summed E-state index contributed by atoms with van der Waals surface area (Å²) in [5.41, 5.74) is 10.7. The van der Waals surface area contributed by atoms with Crippen LogP contribution in [-0.2, 0) is 4.74 Å². The summed E-state index contributed by atoms with van der Waals surface area (Å²) >= 11 is 0. The largest absolute Gasteiger partial charge is 0.449 e. The highest BCUT2D eigenvalue weighted by molar-refractivity contribution is 6.04. The average Bonchev–Trinajstić information content (AvgIpc) is 3.22. The van der Waals surface area contributed by atoms with Gasteiger partial charge in [-0.1, -0.05) is 36.4 Å². The Morgan fingerprint density at radius 1 is 1.23 bits per heavy atom. The van der Waals surface area contributed by atoms with Gasteiger partial charge in [-0.15, -0.1) is 0 Å². The lowest BCUT2D eigenvalue weighted by Crippen LogP contribution is -2.91. The summed E-state index contributed by atoms with van der Waals surface area (Å²) in [6, 6.07) is 11.1. The topological polar surface area (TPSA) is 180 Å². The Bertz CT molecular complexity index is 1140. The van der Waals surface area contributed by atoms with Crippen molar-refractivity contribution in [2.45, 2.75) is 29.6 Å². The predicted octanol–water partition coefficient (Wildman–Crippen LogP) is -4.59. The number of hydrogen-bond donors (Lipinski definition) is 8. The van der Waals surface area contributed by atoms with Gasteiger partial charge in [-0.05, 0) is 16.8 Å². The first kappa shape index (κ1) is 19.5. The summed E-state index contributed by atoms with van der Waals surface area (Å²) in [4.78, 5) is 16.0. The van der Waals surface area contributed by atoms with Gasteiger partial charge < -0.3 is 20.1 Å². The van der Waals surface area contributed by atoms with Crippen molar-refractivity contribution in [3.05, 3.63) is 48.0 Å². The molecule has 0 bridgehead atoms. The number of rotatable bonds is 3. The lowest BCUT2D eigenvalue weighted by atomic mass is 9.86. The number of carbonyl (C=O) groups is 1. The molecule has 11 nitrogen and oxygen atoms in total. The van der Waals surface area contributed by atoms with Crippen LogP contribution in [0.4, 0.5) is 0 Å². The molecule has 0 unspecified atom stereocenters. The molecule has 0 aromatic heterocycles. The van der Waals surface area contributed by atoms with E-state index in [0.29, 0.717) is 10.9 Å². The molecular formula is C20H24N6O5+2. The van der Waals surface area contributed by atoms with Crippen molar-refractivity contribution in [1.82, 2.24) is 10.6 Å². The third-order valence-electron chi connectivity index (χ3n) is 6.35. The van der Waals surface area contributed by atoms with Crippen LogP contribution >= 0.6 is 0 Å². The van der Waals surface area contributed by atoms with Crippen LogP contribution in [0.3, 0.4) is 0 Å². The lowest BCUT2D eigenvalue weighted by molar-refractivity contribution is -0.674. The monoisotopic (exact) mass is 428 g/mol. The summed E-state index contributed by atoms with van der Waals surface area (Å²) in [6.45, 7) is -0.460. The minimum atomic E-state index is -2.59. The fourth-order valence-corrected chi connectivity index (χ4v) is 4.93. The number of ether oxygens (including phenoxy) is 1. The van der Waals surface area contributed by atoms with Crippen molar-refractivity contribution in [2.75, 3.05) is 13.2 Å². The number of guanidine groups is 2. The van der Waals surface area contributed by atoms with E-state index >= 15 is 0 Å². The van der Waals surface area contributed by atoms with Crippen molar-refractivity contribution < 1.29 is 34.4 Å². The Labute approximate surface area is 176 Å². The second-order valence-corrected chi connectivity index (χ2v) is 8.00. The van der Waals surface area contributed by atoms with Gasteiger partial charge in [0.1, 0.15) is 12.6 Å². The quantitative estimate of drug-likeness (QED) is 0.136. The molecule has 2 aromatic carbocycles. The molecule has 1 spiro atoms. The molecule has 5 rings (SSSR count). The third kappa shape index (κ3) is 2.54. The van der Waals surface area contributed by atoms with Gasteiger partial charge in [0.15, 0.2) is 12.1 Å². The Morgan fingerprint density at radius 3 is 2.74 bits per heavy atom. The van der Waals surface area contributed by atoms with Gasteiger partial charge in [-0.3, -0.25) is 21.8 Å². The van der Waals surface area contributed by atoms with Gasteiger partial charge in [0, 0.05) is 0 Å². The summed E-state index contributed by atoms with van der Waals surface area (Å²) in [5.74, 6) is -3.12. The van der Waals surface area contributed by atoms with Gasteiger partial charge in [-0.2, -0.15) is 0 Å². The Balaban J connectivity index is 1.53. The molecular weight excluding hydrogens is 404 g/mol. The molecule has 31 heavy (non-hydrogen) atoms. The maximum Gasteiger partial charge on any atom is 0.347 e. The van der Waals surface area contributed by atoms with Crippen molar-refractivity contribution in [1.29, 1.82) is 0 Å². The highest BCUT2D eigenvalue weighted by atomic mass is 16.6. The molecule has 0 saturated carbocycles. The Kier molecular flexibility index (Phi) is 4.13. The number of hydrogen-bond acceptors (Lipinski definition) is 9. The van der Waals surface area contributed by atoms with Gasteiger partial charge in [0.05, 0.1) is 12.2 Å². The maximum atomic E-state index is 13.0. The number of esters is 1. The number of nitrogens with one attached hydrogen (secondary N) is 3. The van der Waals surface area contributed by atoms with Gasteiger partial charge in [-0.25, -0.2) is 14.7 Å². The van der Waals surface area contributed by atoms with Gasteiger partial charge >= 0.3 is 23.6 Å². The fraction of sp³-hybridized carbons (Fsp3) is 0.350. The molecule has 0 radical (unpaired) electrons. The molecule has 0 aliphatic carbocycles. The van der Waals surface area contributed by atoms with E-state index in [0.717, 1.165) is 5.39 Å². The van der Waals surface area contributed by atoms with E-state index in [9.17, 15) is 20.1 Å². The molecule has 1 fully saturated rings. The normalized spacial score (nSPS) is 30.8. The standard InChI is InChI=1S/C20H22N6O5/c21-17-24-15-13(9-27)23-18(22)26-8-14(20(29,30)19(15,26)25-17)31-16(28)12-7-3-5-10-4-1-2-6-11(10)12/h1-7,13-15,27,29-30H,8-9H2,(H5,21,22,23,24,25)/p+2/t13-,14-,15-,19-/m0/s1. The average molecular weight is 428 g/mol. The molecule has 3 aliphatic heterocycles. The first-order valence-corrected chi connectivity index (χ1v) is 9.87. The molecule has 2 aromatic rings. The summed E-state index contributed by atoms with van der Waals surface area (Å²) in [7, 11) is 0. The second-order valence-electron chi connectivity index (χ2n) is 8.00. The Hall–Kier alpha value is -3.41. The second kappa shape index (κ2) is 6.54. The smallest absolute Gasteiger partial charge is 0.347 e. The molecule has 3 heterocycles. The number of nitrogens with two attached hydrogens (primary N) is 2. The zero-order chi connectivity index (χ0) is 22.0. The van der Waals surface area contributed by atoms with E-state index in [1.54, 1.807) is 18.2 Å². The van der Waals surface area contributed by atoms with Crippen molar-refractivity contribution in [2.24, 2.45) is 11.5 Å². The first-order chi connectivity index (χ1) is 14.8. The van der Waals surface area contributed by atoms with E-state index < -0.39 is 35.6 Å². The first-order valence-electron chi connectivity index (χ1n) is 9.87. The highest BCUT2D eigenvalue weighted by Gasteiger charge is 2.78. The number of aliphatic hydroxyl groups excluding tert-OH is 1. The van der Waals surface area contributed by atoms with Crippen LogP contribution in [0.15, 0.2) is 42.5 Å². The van der Waals surface area contributed by atoms with Crippen LogP contribution in [0, 0.1) is 0 Å². The fourth-order valence-electron chi connectivity index (χ4n) is 4.93. The van der Waals surface area contributed by atoms with Crippen molar-refractivity contribution in [3.8, 4) is 0 Å². The predicted molar refractivity (Wildman–Crippen MR) is 108 cm³/mol. The molecule has 3 aliphatic rings. The molecule has 1 saturated heterocycles. The van der Waals surface area contributed by atoms with Crippen LogP contribution in [0.25, 0.3) is 10.8 Å². The summed E-state index contributed by atoms with van der Waals surface area (Å²) in [6.07, 6.45) is -1.36. The zero-order valence-corrected chi connectivity index (χ0v) is 16.4. The van der Waals surface area contributed by atoms with Crippen LogP contribution in [0.2, 0.25) is 0 Å². The number of carbonyl (C=O) groups excluding carboxylic acids is 1. The SMILES string of the molecule is NC1=[NH+][C@H]2[C@H](CO)NC(N)=[N+]3C[C@H](OC(=O)c4cccc5ccccc45)C(O)(O)[C@]23N1. The summed E-state index contributed by atoms with van der Waals surface area (Å²) < 4.78 is 7.07. The minimum Gasteiger partial charge on any atom is -0.449 e. The van der Waals surface area contributed by atoms with E-state index in [1.807, 2.05) is 24.3 Å². The minimum absolute atomic E-state index is 0.0819. The van der Waals surface area contributed by atoms with E-state index in [2.05, 4.69) is 15.6 Å². The lowest BCUT2D eigenvalue weighted by Gasteiger charge is -2.40. The van der Waals surface area contributed by atoms with Gasteiger partial charge in [0.2, 0.25) is 0 Å². The third-order valence-corrected chi connectivity index (χ3v) is 6.35. The molecule has 10 N–H and O–H groups in total. The molecule has 4 atom stereocenters.